The number of methoxy groups -OCH3 is 2. The lowest BCUT2D eigenvalue weighted by Gasteiger charge is -2.12. The minimum atomic E-state index is -0.546. The quantitative estimate of drug-likeness (QED) is 0.296. The number of carbonyl (C=O) groups is 2. The molecular formula is C20H15BrINO6. The van der Waals surface area contributed by atoms with Crippen LogP contribution in [0.4, 0.5) is 0 Å². The Balaban J connectivity index is 1.91. The first-order chi connectivity index (χ1) is 13.9. The molecule has 0 fully saturated rings. The monoisotopic (exact) mass is 571 g/mol. The molecule has 0 N–H and O–H groups in total. The van der Waals surface area contributed by atoms with Crippen molar-refractivity contribution in [1.29, 1.82) is 0 Å². The number of rotatable bonds is 6. The third-order valence-corrected chi connectivity index (χ3v) is 5.33. The van der Waals surface area contributed by atoms with E-state index in [1.807, 2.05) is 18.2 Å². The van der Waals surface area contributed by atoms with Gasteiger partial charge in [-0.15, -0.1) is 0 Å². The van der Waals surface area contributed by atoms with Gasteiger partial charge in [0.15, 0.2) is 23.8 Å². The van der Waals surface area contributed by atoms with Crippen LogP contribution in [-0.4, -0.2) is 38.7 Å². The summed E-state index contributed by atoms with van der Waals surface area (Å²) in [4.78, 5) is 27.9. The molecule has 9 heteroatoms. The molecule has 0 saturated heterocycles. The third kappa shape index (κ3) is 4.96. The van der Waals surface area contributed by atoms with Crippen molar-refractivity contribution in [2.75, 3.05) is 20.8 Å². The van der Waals surface area contributed by atoms with Crippen LogP contribution >= 0.6 is 38.5 Å². The molecule has 0 amide bonds. The van der Waals surface area contributed by atoms with E-state index in [-0.39, 0.29) is 18.2 Å². The highest BCUT2D eigenvalue weighted by Gasteiger charge is 2.25. The first kappa shape index (κ1) is 21.3. The molecule has 0 unspecified atom stereocenters. The van der Waals surface area contributed by atoms with Gasteiger partial charge in [-0.25, -0.2) is 14.6 Å². The molecule has 0 atom stereocenters. The number of hydrogen-bond donors (Lipinski definition) is 0. The molecule has 0 saturated carbocycles. The second kappa shape index (κ2) is 9.40. The van der Waals surface area contributed by atoms with Gasteiger partial charge in [0.25, 0.3) is 0 Å². The Morgan fingerprint density at radius 2 is 2.03 bits per heavy atom. The fourth-order valence-electron chi connectivity index (χ4n) is 2.47. The second-order valence-electron chi connectivity index (χ2n) is 5.71. The van der Waals surface area contributed by atoms with Gasteiger partial charge in [-0.05, 0) is 74.4 Å². The Morgan fingerprint density at radius 1 is 1.28 bits per heavy atom. The Labute approximate surface area is 189 Å². The maximum absolute atomic E-state index is 12.3. The van der Waals surface area contributed by atoms with Gasteiger partial charge in [0.05, 0.1) is 23.4 Å². The van der Waals surface area contributed by atoms with Crippen molar-refractivity contribution in [2.24, 2.45) is 4.99 Å². The highest BCUT2D eigenvalue weighted by molar-refractivity contribution is 14.1. The van der Waals surface area contributed by atoms with E-state index in [1.54, 1.807) is 24.3 Å². The van der Waals surface area contributed by atoms with E-state index >= 15 is 0 Å². The van der Waals surface area contributed by atoms with Crippen molar-refractivity contribution in [3.05, 3.63) is 61.3 Å². The molecular weight excluding hydrogens is 557 g/mol. The zero-order chi connectivity index (χ0) is 21.0. The van der Waals surface area contributed by atoms with Crippen LogP contribution in [0.2, 0.25) is 0 Å². The molecule has 1 aliphatic heterocycles. The maximum Gasteiger partial charge on any atom is 0.363 e. The highest BCUT2D eigenvalue weighted by Crippen LogP contribution is 2.35. The lowest BCUT2D eigenvalue weighted by Crippen LogP contribution is -2.13. The van der Waals surface area contributed by atoms with E-state index in [1.165, 1.54) is 14.2 Å². The summed E-state index contributed by atoms with van der Waals surface area (Å²) >= 11 is 5.48. The fourth-order valence-corrected chi connectivity index (χ4v) is 3.71. The molecule has 0 aliphatic carbocycles. The number of aliphatic imine (C=N–C) groups is 1. The first-order valence-corrected chi connectivity index (χ1v) is 10.1. The van der Waals surface area contributed by atoms with Crippen LogP contribution in [0.15, 0.2) is 51.6 Å². The number of nitrogens with zero attached hydrogens (tertiary/aromatic N) is 1. The van der Waals surface area contributed by atoms with E-state index in [0.717, 1.165) is 4.47 Å². The topological polar surface area (TPSA) is 83.4 Å². The lowest BCUT2D eigenvalue weighted by atomic mass is 10.1. The molecule has 29 heavy (non-hydrogen) atoms. The summed E-state index contributed by atoms with van der Waals surface area (Å²) in [5.41, 5.74) is 1.51. The number of cyclic esters (lactones) is 1. The predicted octanol–water partition coefficient (Wildman–Crippen LogP) is 3.96. The lowest BCUT2D eigenvalue weighted by molar-refractivity contribution is -0.143. The second-order valence-corrected chi connectivity index (χ2v) is 7.73. The van der Waals surface area contributed by atoms with Crippen LogP contribution < -0.4 is 9.47 Å². The number of carbonyl (C=O) groups excluding carboxylic acids is 2. The zero-order valence-electron chi connectivity index (χ0n) is 15.4. The molecule has 150 valence electrons. The van der Waals surface area contributed by atoms with Crippen molar-refractivity contribution in [3.8, 4) is 11.5 Å². The van der Waals surface area contributed by atoms with Crippen LogP contribution in [0, 0.1) is 3.57 Å². The SMILES string of the molecule is COC(=O)COc1c(I)cc(/C=C2\N=C(c3ccccc3Br)OC2=O)cc1OC. The van der Waals surface area contributed by atoms with Crippen LogP contribution in [-0.2, 0) is 19.1 Å². The van der Waals surface area contributed by atoms with Gasteiger partial charge in [0.1, 0.15) is 0 Å². The molecule has 7 nitrogen and oxygen atoms in total. The van der Waals surface area contributed by atoms with Crippen LogP contribution in [0.5, 0.6) is 11.5 Å². The minimum Gasteiger partial charge on any atom is -0.493 e. The first-order valence-electron chi connectivity index (χ1n) is 8.27. The summed E-state index contributed by atoms with van der Waals surface area (Å²) in [5.74, 6) is 0.00179. The van der Waals surface area contributed by atoms with Crippen molar-refractivity contribution < 1.29 is 28.5 Å². The van der Waals surface area contributed by atoms with Gasteiger partial charge in [0, 0.05) is 4.47 Å². The van der Waals surface area contributed by atoms with Gasteiger partial charge in [-0.1, -0.05) is 12.1 Å². The summed E-state index contributed by atoms with van der Waals surface area (Å²) in [6.45, 7) is -0.241. The average Bonchev–Trinajstić information content (AvgIpc) is 3.06. The molecule has 0 radical (unpaired) electrons. The normalized spacial score (nSPS) is 14.4. The van der Waals surface area contributed by atoms with E-state index < -0.39 is 11.9 Å². The third-order valence-electron chi connectivity index (χ3n) is 3.84. The summed E-state index contributed by atoms with van der Waals surface area (Å²) in [5, 5.41) is 0. The Morgan fingerprint density at radius 3 is 2.72 bits per heavy atom. The predicted molar refractivity (Wildman–Crippen MR) is 118 cm³/mol. The minimum absolute atomic E-state index is 0.164. The number of ether oxygens (including phenoxy) is 4. The Hall–Kier alpha value is -2.40. The van der Waals surface area contributed by atoms with Crippen LogP contribution in [0.25, 0.3) is 6.08 Å². The van der Waals surface area contributed by atoms with Crippen molar-refractivity contribution in [3.63, 3.8) is 0 Å². The van der Waals surface area contributed by atoms with E-state index in [2.05, 4.69) is 48.3 Å². The van der Waals surface area contributed by atoms with E-state index in [4.69, 9.17) is 14.2 Å². The molecule has 0 aromatic heterocycles. The van der Waals surface area contributed by atoms with Crippen LogP contribution in [0.1, 0.15) is 11.1 Å². The zero-order valence-corrected chi connectivity index (χ0v) is 19.1. The van der Waals surface area contributed by atoms with Gasteiger partial charge in [-0.3, -0.25) is 0 Å². The smallest absolute Gasteiger partial charge is 0.363 e. The Bertz CT molecular complexity index is 1030. The number of hydrogen-bond acceptors (Lipinski definition) is 7. The summed E-state index contributed by atoms with van der Waals surface area (Å²) in [7, 11) is 2.77. The molecule has 3 rings (SSSR count). The van der Waals surface area contributed by atoms with Crippen molar-refractivity contribution >= 4 is 62.4 Å². The number of halogens is 2. The number of benzene rings is 2. The molecule has 0 spiro atoms. The van der Waals surface area contributed by atoms with E-state index in [0.29, 0.717) is 26.2 Å². The fraction of sp³-hybridized carbons (Fsp3) is 0.150. The molecule has 2 aromatic rings. The largest absolute Gasteiger partial charge is 0.493 e. The molecule has 1 aliphatic rings. The molecule has 1 heterocycles. The van der Waals surface area contributed by atoms with Gasteiger partial charge >= 0.3 is 11.9 Å². The van der Waals surface area contributed by atoms with Gasteiger partial charge < -0.3 is 18.9 Å². The summed E-state index contributed by atoms with van der Waals surface area (Å²) in [6, 6.07) is 10.8. The summed E-state index contributed by atoms with van der Waals surface area (Å²) in [6.07, 6.45) is 1.60. The molecule has 2 aromatic carbocycles. The highest BCUT2D eigenvalue weighted by atomic mass is 127. The van der Waals surface area contributed by atoms with Crippen molar-refractivity contribution in [2.45, 2.75) is 0 Å². The van der Waals surface area contributed by atoms with Crippen LogP contribution in [0.3, 0.4) is 0 Å². The van der Waals surface area contributed by atoms with Gasteiger partial charge in [0.2, 0.25) is 5.90 Å². The molecule has 0 bridgehead atoms. The number of esters is 2. The van der Waals surface area contributed by atoms with Gasteiger partial charge in [-0.2, -0.15) is 0 Å². The van der Waals surface area contributed by atoms with E-state index in [9.17, 15) is 9.59 Å². The maximum atomic E-state index is 12.3. The summed E-state index contributed by atoms with van der Waals surface area (Å²) < 4.78 is 22.2. The van der Waals surface area contributed by atoms with Crippen molar-refractivity contribution in [1.82, 2.24) is 0 Å². The Kier molecular flexibility index (Phi) is 6.91. The average molecular weight is 572 g/mol. The standard InChI is InChI=1S/C20H15BrINO6/c1-26-16-9-11(7-14(22)18(16)28-10-17(24)27-2)8-15-20(25)29-19(23-15)12-5-3-4-6-13(12)21/h3-9H,10H2,1-2H3/b15-8-.